The van der Waals surface area contributed by atoms with E-state index in [4.69, 9.17) is 0 Å². The number of sulfonamides is 1. The Labute approximate surface area is 130 Å². The lowest BCUT2D eigenvalue weighted by Gasteiger charge is -2.01. The largest absolute Gasteiger partial charge is 0.296 e. The summed E-state index contributed by atoms with van der Waals surface area (Å²) in [6.45, 7) is 0. The molecule has 0 aromatic heterocycles. The first-order valence-corrected chi connectivity index (χ1v) is 7.53. The van der Waals surface area contributed by atoms with Crippen LogP contribution in [0.2, 0.25) is 0 Å². The van der Waals surface area contributed by atoms with Gasteiger partial charge in [-0.3, -0.25) is 20.2 Å². The number of hydrogen-bond acceptors (Lipinski definition) is 6. The summed E-state index contributed by atoms with van der Waals surface area (Å²) < 4.78 is 27.7. The van der Waals surface area contributed by atoms with E-state index in [2.05, 4.69) is 4.40 Å². The summed E-state index contributed by atoms with van der Waals surface area (Å²) in [6, 6.07) is 10.5. The van der Waals surface area contributed by atoms with Gasteiger partial charge in [-0.1, -0.05) is 30.3 Å². The molecule has 0 aliphatic heterocycles. The minimum atomic E-state index is -4.37. The molecule has 10 heteroatoms. The summed E-state index contributed by atoms with van der Waals surface area (Å²) in [7, 11) is -4.37. The number of hydrogen-bond donors (Lipinski definition) is 0. The van der Waals surface area contributed by atoms with Crippen LogP contribution in [0.5, 0.6) is 0 Å². The highest BCUT2D eigenvalue weighted by Crippen LogP contribution is 2.29. The van der Waals surface area contributed by atoms with Gasteiger partial charge in [-0.2, -0.15) is 12.8 Å². The Balaban J connectivity index is 2.49. The van der Waals surface area contributed by atoms with E-state index in [1.165, 1.54) is 0 Å². The number of nitro benzene ring substituents is 2. The topological polar surface area (TPSA) is 133 Å². The van der Waals surface area contributed by atoms with Gasteiger partial charge in [0.05, 0.1) is 15.9 Å². The second-order valence-corrected chi connectivity index (χ2v) is 5.89. The van der Waals surface area contributed by atoms with E-state index in [0.29, 0.717) is 11.6 Å². The van der Waals surface area contributed by atoms with Crippen molar-refractivity contribution in [3.63, 3.8) is 0 Å². The maximum Gasteiger partial charge on any atom is 0.296 e. The van der Waals surface area contributed by atoms with Gasteiger partial charge in [0.15, 0.2) is 4.90 Å². The van der Waals surface area contributed by atoms with Crippen molar-refractivity contribution in [2.45, 2.75) is 4.90 Å². The second kappa shape index (κ2) is 6.32. The fraction of sp³-hybridized carbons (Fsp3) is 0. The molecule has 0 saturated carbocycles. The summed E-state index contributed by atoms with van der Waals surface area (Å²) in [4.78, 5) is 19.1. The van der Waals surface area contributed by atoms with Crippen molar-refractivity contribution in [2.75, 3.05) is 0 Å². The van der Waals surface area contributed by atoms with E-state index in [-0.39, 0.29) is 0 Å². The minimum Gasteiger partial charge on any atom is -0.258 e. The van der Waals surface area contributed by atoms with E-state index in [9.17, 15) is 28.6 Å². The molecule has 2 rings (SSSR count). The van der Waals surface area contributed by atoms with E-state index in [1.807, 2.05) is 0 Å². The van der Waals surface area contributed by atoms with Crippen LogP contribution < -0.4 is 0 Å². The molecule has 0 radical (unpaired) electrons. The lowest BCUT2D eigenvalue weighted by molar-refractivity contribution is -0.396. The van der Waals surface area contributed by atoms with E-state index >= 15 is 0 Å². The number of nitrogens with zero attached hydrogens (tertiary/aromatic N) is 3. The number of nitro groups is 2. The quantitative estimate of drug-likeness (QED) is 0.467. The SMILES string of the molecule is O=[N+]([O-])c1ccc(S(=O)(=O)/N=C/c2ccccc2)c([N+](=O)[O-])c1. The van der Waals surface area contributed by atoms with Gasteiger partial charge < -0.3 is 0 Å². The Hall–Kier alpha value is -3.14. The summed E-state index contributed by atoms with van der Waals surface area (Å²) in [5, 5.41) is 21.6. The molecule has 0 unspecified atom stereocenters. The fourth-order valence-corrected chi connectivity index (χ4v) is 2.72. The number of benzene rings is 2. The van der Waals surface area contributed by atoms with Crippen molar-refractivity contribution in [1.82, 2.24) is 0 Å². The van der Waals surface area contributed by atoms with E-state index in [0.717, 1.165) is 18.3 Å². The van der Waals surface area contributed by atoms with Crippen LogP contribution in [-0.2, 0) is 10.0 Å². The molecule has 0 N–H and O–H groups in total. The summed E-state index contributed by atoms with van der Waals surface area (Å²) >= 11 is 0. The molecular formula is C13H9N3O6S. The predicted molar refractivity (Wildman–Crippen MR) is 81.0 cm³/mol. The molecule has 0 spiro atoms. The van der Waals surface area contributed by atoms with Crippen molar-refractivity contribution in [3.8, 4) is 0 Å². The van der Waals surface area contributed by atoms with E-state index in [1.54, 1.807) is 30.3 Å². The van der Waals surface area contributed by atoms with Crippen LogP contribution in [0.4, 0.5) is 11.4 Å². The zero-order valence-electron chi connectivity index (χ0n) is 11.4. The Kier molecular flexibility index (Phi) is 4.46. The zero-order chi connectivity index (χ0) is 17.0. The van der Waals surface area contributed by atoms with Gasteiger partial charge in [-0.05, 0) is 11.6 Å². The number of rotatable bonds is 5. The zero-order valence-corrected chi connectivity index (χ0v) is 12.2. The molecule has 0 bridgehead atoms. The van der Waals surface area contributed by atoms with E-state index < -0.39 is 36.1 Å². The molecule has 0 aliphatic rings. The average Bonchev–Trinajstić information content (AvgIpc) is 2.53. The average molecular weight is 335 g/mol. The lowest BCUT2D eigenvalue weighted by Crippen LogP contribution is -2.04. The van der Waals surface area contributed by atoms with Crippen LogP contribution in [0.1, 0.15) is 5.56 Å². The second-order valence-electron chi connectivity index (χ2n) is 4.29. The Morgan fingerprint density at radius 3 is 2.17 bits per heavy atom. The Bertz CT molecular complexity index is 893. The summed E-state index contributed by atoms with van der Waals surface area (Å²) in [5.41, 5.74) is -0.993. The molecule has 0 amide bonds. The van der Waals surface area contributed by atoms with Crippen molar-refractivity contribution in [3.05, 3.63) is 74.3 Å². The van der Waals surface area contributed by atoms with Gasteiger partial charge >= 0.3 is 0 Å². The summed E-state index contributed by atoms with van der Waals surface area (Å²) in [6.07, 6.45) is 1.04. The van der Waals surface area contributed by atoms with Gasteiger partial charge in [0.1, 0.15) is 0 Å². The molecule has 2 aromatic rings. The molecule has 23 heavy (non-hydrogen) atoms. The van der Waals surface area contributed by atoms with Crippen LogP contribution in [0, 0.1) is 20.2 Å². The van der Waals surface area contributed by atoms with Crippen molar-refractivity contribution < 1.29 is 18.3 Å². The van der Waals surface area contributed by atoms with Crippen LogP contribution in [0.25, 0.3) is 0 Å². The maximum atomic E-state index is 12.1. The van der Waals surface area contributed by atoms with Gasteiger partial charge in [0.2, 0.25) is 0 Å². The van der Waals surface area contributed by atoms with Gasteiger partial charge in [-0.15, -0.1) is 0 Å². The van der Waals surface area contributed by atoms with Crippen molar-refractivity contribution in [1.29, 1.82) is 0 Å². The maximum absolute atomic E-state index is 12.1. The third-order valence-corrected chi connectivity index (χ3v) is 4.05. The third-order valence-electron chi connectivity index (χ3n) is 2.77. The monoisotopic (exact) mass is 335 g/mol. The third kappa shape index (κ3) is 3.74. The standard InChI is InChI=1S/C13H9N3O6S/c17-15(18)11-6-7-13(12(8-11)16(19)20)23(21,22)14-9-10-4-2-1-3-5-10/h1-9H/b14-9+. The number of non-ortho nitro benzene ring substituents is 1. The minimum absolute atomic E-state index is 0.487. The van der Waals surface area contributed by atoms with Crippen LogP contribution in [-0.4, -0.2) is 24.5 Å². The molecular weight excluding hydrogens is 326 g/mol. The first kappa shape index (κ1) is 16.2. The molecule has 0 atom stereocenters. The molecule has 0 heterocycles. The molecule has 0 saturated heterocycles. The fourth-order valence-electron chi connectivity index (χ4n) is 1.71. The van der Waals surface area contributed by atoms with Gasteiger partial charge in [0, 0.05) is 12.3 Å². The first-order valence-electron chi connectivity index (χ1n) is 6.09. The predicted octanol–water partition coefficient (Wildman–Crippen LogP) is 2.31. The first-order chi connectivity index (χ1) is 10.8. The Morgan fingerprint density at radius 1 is 0.957 bits per heavy atom. The van der Waals surface area contributed by atoms with Crippen LogP contribution >= 0.6 is 0 Å². The molecule has 0 fully saturated rings. The normalized spacial score (nSPS) is 11.5. The van der Waals surface area contributed by atoms with Crippen LogP contribution in [0.3, 0.4) is 0 Å². The molecule has 0 aliphatic carbocycles. The van der Waals surface area contributed by atoms with Gasteiger partial charge in [0.25, 0.3) is 21.4 Å². The Morgan fingerprint density at radius 2 is 1.61 bits per heavy atom. The highest BCUT2D eigenvalue weighted by atomic mass is 32.2. The highest BCUT2D eigenvalue weighted by Gasteiger charge is 2.27. The molecule has 9 nitrogen and oxygen atoms in total. The highest BCUT2D eigenvalue weighted by molar-refractivity contribution is 7.90. The summed E-state index contributed by atoms with van der Waals surface area (Å²) in [5.74, 6) is 0. The van der Waals surface area contributed by atoms with Crippen molar-refractivity contribution >= 4 is 27.6 Å². The smallest absolute Gasteiger partial charge is 0.258 e. The lowest BCUT2D eigenvalue weighted by atomic mass is 10.2. The van der Waals surface area contributed by atoms with Crippen molar-refractivity contribution in [2.24, 2.45) is 4.40 Å². The van der Waals surface area contributed by atoms with Crippen LogP contribution in [0.15, 0.2) is 57.8 Å². The molecule has 118 valence electrons. The molecule has 2 aromatic carbocycles. The van der Waals surface area contributed by atoms with Gasteiger partial charge in [-0.25, -0.2) is 0 Å².